The van der Waals surface area contributed by atoms with E-state index in [1.807, 2.05) is 48.5 Å². The molecule has 4 N–H and O–H groups in total. The van der Waals surface area contributed by atoms with E-state index in [-0.39, 0.29) is 24.8 Å². The van der Waals surface area contributed by atoms with Gasteiger partial charge in [-0.25, -0.2) is 4.79 Å². The number of carbonyl (C=O) groups is 3. The lowest BCUT2D eigenvalue weighted by molar-refractivity contribution is -0.139. The minimum Gasteiger partial charge on any atom is -0.508 e. The molecule has 0 fully saturated rings. The van der Waals surface area contributed by atoms with Crippen LogP contribution >= 0.6 is 0 Å². The number of hydrogen-bond donors (Lipinski definition) is 4. The van der Waals surface area contributed by atoms with E-state index in [1.165, 1.54) is 6.07 Å². The maximum atomic E-state index is 12.6. The van der Waals surface area contributed by atoms with Crippen molar-refractivity contribution in [3.8, 4) is 16.9 Å². The Hall–Kier alpha value is -4.33. The van der Waals surface area contributed by atoms with E-state index < -0.39 is 30.4 Å². The molecule has 1 aliphatic carbocycles. The Kier molecular flexibility index (Phi) is 6.77. The van der Waals surface area contributed by atoms with Crippen molar-refractivity contribution in [1.29, 1.82) is 0 Å². The molecule has 4 rings (SSSR count). The van der Waals surface area contributed by atoms with Crippen molar-refractivity contribution in [2.24, 2.45) is 0 Å². The van der Waals surface area contributed by atoms with Gasteiger partial charge in [-0.15, -0.1) is 0 Å². The molecule has 0 saturated carbocycles. The summed E-state index contributed by atoms with van der Waals surface area (Å²) in [5, 5.41) is 23.9. The summed E-state index contributed by atoms with van der Waals surface area (Å²) >= 11 is 0. The van der Waals surface area contributed by atoms with E-state index >= 15 is 0 Å². The topological polar surface area (TPSA) is 125 Å². The van der Waals surface area contributed by atoms with Crippen LogP contribution in [0.3, 0.4) is 0 Å². The molecule has 3 aromatic rings. The number of amides is 2. The zero-order valence-electron chi connectivity index (χ0n) is 18.2. The summed E-state index contributed by atoms with van der Waals surface area (Å²) in [4.78, 5) is 36.3. The highest BCUT2D eigenvalue weighted by Crippen LogP contribution is 2.44. The van der Waals surface area contributed by atoms with Crippen molar-refractivity contribution in [2.75, 3.05) is 6.61 Å². The van der Waals surface area contributed by atoms with Crippen LogP contribution in [0.25, 0.3) is 11.1 Å². The van der Waals surface area contributed by atoms with Crippen molar-refractivity contribution in [1.82, 2.24) is 10.6 Å². The maximum Gasteiger partial charge on any atom is 0.407 e. The molecule has 0 heterocycles. The van der Waals surface area contributed by atoms with Gasteiger partial charge in [0.15, 0.2) is 0 Å². The third kappa shape index (κ3) is 5.01. The van der Waals surface area contributed by atoms with E-state index in [9.17, 15) is 24.6 Å². The minimum atomic E-state index is -1.33. The predicted octanol–water partition coefficient (Wildman–Crippen LogP) is 3.39. The van der Waals surface area contributed by atoms with Gasteiger partial charge in [0.25, 0.3) is 0 Å². The Morgan fingerprint density at radius 3 is 2.09 bits per heavy atom. The number of hydrogen-bond acceptors (Lipinski definition) is 5. The lowest BCUT2D eigenvalue weighted by atomic mass is 9.98. The van der Waals surface area contributed by atoms with Gasteiger partial charge in [0.1, 0.15) is 18.4 Å². The molecule has 3 aromatic carbocycles. The largest absolute Gasteiger partial charge is 0.508 e. The van der Waals surface area contributed by atoms with Crippen LogP contribution in [0.4, 0.5) is 4.79 Å². The number of benzene rings is 3. The van der Waals surface area contributed by atoms with Gasteiger partial charge in [0.05, 0.1) is 6.42 Å². The molecule has 0 aromatic heterocycles. The molecule has 8 heteroatoms. The maximum absolute atomic E-state index is 12.6. The lowest BCUT2D eigenvalue weighted by Gasteiger charge is -2.19. The van der Waals surface area contributed by atoms with Gasteiger partial charge in [0, 0.05) is 18.0 Å². The number of phenols is 1. The zero-order valence-corrected chi connectivity index (χ0v) is 18.2. The van der Waals surface area contributed by atoms with Crippen LogP contribution in [0.1, 0.15) is 29.0 Å². The average Bonchev–Trinajstić information content (AvgIpc) is 3.15. The fourth-order valence-corrected chi connectivity index (χ4v) is 4.13. The van der Waals surface area contributed by atoms with E-state index in [2.05, 4.69) is 10.6 Å². The van der Waals surface area contributed by atoms with E-state index in [4.69, 9.17) is 4.74 Å². The number of aromatic hydroxyl groups is 1. The second-order valence-electron chi connectivity index (χ2n) is 7.97. The van der Waals surface area contributed by atoms with E-state index in [0.717, 1.165) is 22.3 Å². The zero-order chi connectivity index (χ0) is 24.1. The molecule has 8 nitrogen and oxygen atoms in total. The third-order valence-electron chi connectivity index (χ3n) is 5.78. The quantitative estimate of drug-likeness (QED) is 0.408. The minimum absolute atomic E-state index is 0.00193. The lowest BCUT2D eigenvalue weighted by Crippen LogP contribution is -2.48. The number of fused-ring (bicyclic) bond motifs is 3. The standard InChI is InChI=1S/C26H24N2O6/c29-23-12-6-1-7-16(23)14-27-25(32)22(13-24(30)31)28-26(33)34-15-21-19-10-4-2-8-17(19)18-9-3-5-11-20(18)21/h1-12,21-22,29H,13-15H2,(H,27,32)(H,28,33)(H,30,31). The Morgan fingerprint density at radius 2 is 1.47 bits per heavy atom. The summed E-state index contributed by atoms with van der Waals surface area (Å²) in [5.74, 6) is -2.10. The van der Waals surface area contributed by atoms with E-state index in [0.29, 0.717) is 5.56 Å². The van der Waals surface area contributed by atoms with Crippen LogP contribution in [-0.4, -0.2) is 40.8 Å². The summed E-state index contributed by atoms with van der Waals surface area (Å²) in [6, 6.07) is 20.9. The number of carboxylic acids is 1. The second-order valence-corrected chi connectivity index (χ2v) is 7.97. The van der Waals surface area contributed by atoms with Gasteiger partial charge in [-0.05, 0) is 28.3 Å². The van der Waals surface area contributed by atoms with Crippen LogP contribution in [-0.2, 0) is 20.9 Å². The first kappa shape index (κ1) is 22.8. The molecule has 2 amide bonds. The van der Waals surface area contributed by atoms with Crippen LogP contribution in [0, 0.1) is 0 Å². The van der Waals surface area contributed by atoms with Gasteiger partial charge >= 0.3 is 12.1 Å². The molecule has 1 unspecified atom stereocenters. The summed E-state index contributed by atoms with van der Waals surface area (Å²) < 4.78 is 5.42. The van der Waals surface area contributed by atoms with Crippen molar-refractivity contribution < 1.29 is 29.3 Å². The van der Waals surface area contributed by atoms with Gasteiger partial charge in [-0.1, -0.05) is 66.7 Å². The Labute approximate surface area is 196 Å². The second kappa shape index (κ2) is 10.1. The molecule has 0 radical (unpaired) electrons. The Morgan fingerprint density at radius 1 is 0.882 bits per heavy atom. The first-order valence-corrected chi connectivity index (χ1v) is 10.8. The van der Waals surface area contributed by atoms with Crippen LogP contribution in [0.5, 0.6) is 5.75 Å². The number of carbonyl (C=O) groups excluding carboxylic acids is 2. The van der Waals surface area contributed by atoms with Crippen molar-refractivity contribution in [3.63, 3.8) is 0 Å². The number of nitrogens with one attached hydrogen (secondary N) is 2. The number of phenolic OH excluding ortho intramolecular Hbond substituents is 1. The van der Waals surface area contributed by atoms with Gasteiger partial charge < -0.3 is 25.6 Å². The normalized spacial score (nSPS) is 12.8. The van der Waals surface area contributed by atoms with Crippen molar-refractivity contribution >= 4 is 18.0 Å². The van der Waals surface area contributed by atoms with E-state index in [1.54, 1.807) is 18.2 Å². The van der Waals surface area contributed by atoms with Crippen LogP contribution < -0.4 is 10.6 Å². The van der Waals surface area contributed by atoms with Crippen LogP contribution in [0.15, 0.2) is 72.8 Å². The first-order chi connectivity index (χ1) is 16.4. The molecule has 1 aliphatic rings. The number of ether oxygens (including phenoxy) is 1. The van der Waals surface area contributed by atoms with Crippen molar-refractivity contribution in [2.45, 2.75) is 24.9 Å². The summed E-state index contributed by atoms with van der Waals surface area (Å²) in [6.45, 7) is 0.0210. The molecule has 0 saturated heterocycles. The number of para-hydroxylation sites is 1. The molecule has 0 spiro atoms. The Balaban J connectivity index is 1.39. The van der Waals surface area contributed by atoms with Gasteiger partial charge in [-0.2, -0.15) is 0 Å². The van der Waals surface area contributed by atoms with Crippen LogP contribution in [0.2, 0.25) is 0 Å². The number of carboxylic acid groups (broad SMARTS) is 1. The highest BCUT2D eigenvalue weighted by molar-refractivity contribution is 5.89. The monoisotopic (exact) mass is 460 g/mol. The van der Waals surface area contributed by atoms with Gasteiger partial charge in [-0.3, -0.25) is 9.59 Å². The molecular weight excluding hydrogens is 436 g/mol. The fourth-order valence-electron chi connectivity index (χ4n) is 4.13. The molecule has 1 atom stereocenters. The summed E-state index contributed by atoms with van der Waals surface area (Å²) in [6.07, 6.45) is -1.50. The number of rotatable bonds is 8. The van der Waals surface area contributed by atoms with Gasteiger partial charge in [0.2, 0.25) is 5.91 Å². The third-order valence-corrected chi connectivity index (χ3v) is 5.78. The highest BCUT2D eigenvalue weighted by atomic mass is 16.5. The SMILES string of the molecule is O=C(O)CC(NC(=O)OCC1c2ccccc2-c2ccccc21)C(=O)NCc1ccccc1O. The molecular formula is C26H24N2O6. The first-order valence-electron chi connectivity index (χ1n) is 10.8. The smallest absolute Gasteiger partial charge is 0.407 e. The number of alkyl carbamates (subject to hydrolysis) is 1. The fraction of sp³-hybridized carbons (Fsp3) is 0.192. The summed E-state index contributed by atoms with van der Waals surface area (Å²) in [5.41, 5.74) is 4.71. The summed E-state index contributed by atoms with van der Waals surface area (Å²) in [7, 11) is 0. The molecule has 0 aliphatic heterocycles. The predicted molar refractivity (Wildman–Crippen MR) is 124 cm³/mol. The number of aliphatic carboxylic acids is 1. The Bertz CT molecular complexity index is 1180. The highest BCUT2D eigenvalue weighted by Gasteiger charge is 2.30. The van der Waals surface area contributed by atoms with Crippen molar-refractivity contribution in [3.05, 3.63) is 89.5 Å². The molecule has 0 bridgehead atoms. The average molecular weight is 460 g/mol. The molecule has 34 heavy (non-hydrogen) atoms. The molecule has 174 valence electrons.